The number of fused-ring (bicyclic) bond motifs is 1. The van der Waals surface area contributed by atoms with Gasteiger partial charge in [0, 0.05) is 17.7 Å². The van der Waals surface area contributed by atoms with E-state index in [9.17, 15) is 4.79 Å². The molecule has 0 saturated carbocycles. The second-order valence-electron chi connectivity index (χ2n) is 9.24. The summed E-state index contributed by atoms with van der Waals surface area (Å²) in [5, 5.41) is 7.18. The van der Waals surface area contributed by atoms with E-state index in [1.54, 1.807) is 35.5 Å². The molecule has 2 atom stereocenters. The molecule has 0 bridgehead atoms. The first-order valence-corrected chi connectivity index (χ1v) is 12.4. The number of methoxy groups -OCH3 is 5. The van der Waals surface area contributed by atoms with Crippen molar-refractivity contribution < 1.29 is 28.5 Å². The molecule has 1 aliphatic carbocycles. The zero-order valence-electron chi connectivity index (χ0n) is 22.2. The van der Waals surface area contributed by atoms with Gasteiger partial charge in [0.15, 0.2) is 28.8 Å². The Bertz CT molecular complexity index is 1370. The average molecular weight is 517 g/mol. The highest BCUT2D eigenvalue weighted by Crippen LogP contribution is 2.47. The zero-order valence-corrected chi connectivity index (χ0v) is 22.2. The van der Waals surface area contributed by atoms with Gasteiger partial charge in [-0.3, -0.25) is 4.79 Å². The lowest BCUT2D eigenvalue weighted by Gasteiger charge is -2.30. The summed E-state index contributed by atoms with van der Waals surface area (Å²) in [5.74, 6) is 2.92. The molecule has 0 saturated heterocycles. The van der Waals surface area contributed by atoms with Crippen molar-refractivity contribution in [2.45, 2.75) is 24.8 Å². The lowest BCUT2D eigenvalue weighted by Crippen LogP contribution is -2.27. The number of allylic oxidation sites excluding steroid dienone is 1. The highest BCUT2D eigenvalue weighted by molar-refractivity contribution is 6.01. The van der Waals surface area contributed by atoms with Gasteiger partial charge in [-0.15, -0.1) is 0 Å². The number of carbonyl (C=O) groups is 1. The van der Waals surface area contributed by atoms with Gasteiger partial charge >= 0.3 is 0 Å². The molecule has 0 unspecified atom stereocenters. The van der Waals surface area contributed by atoms with E-state index in [1.807, 2.05) is 54.6 Å². The van der Waals surface area contributed by atoms with Gasteiger partial charge in [-0.2, -0.15) is 0 Å². The molecule has 0 fully saturated rings. The molecule has 2 N–H and O–H groups in total. The van der Waals surface area contributed by atoms with Crippen LogP contribution in [0, 0.1) is 0 Å². The number of benzene rings is 3. The van der Waals surface area contributed by atoms with Crippen molar-refractivity contribution in [1.82, 2.24) is 0 Å². The van der Waals surface area contributed by atoms with E-state index in [-0.39, 0.29) is 11.7 Å². The highest BCUT2D eigenvalue weighted by atomic mass is 16.5. The summed E-state index contributed by atoms with van der Waals surface area (Å²) >= 11 is 0. The molecule has 8 nitrogen and oxygen atoms in total. The number of carbonyl (C=O) groups excluding carboxylic acids is 1. The summed E-state index contributed by atoms with van der Waals surface area (Å²) in [6.45, 7) is 0. The molecule has 0 aromatic heterocycles. The van der Waals surface area contributed by atoms with E-state index in [1.165, 1.54) is 0 Å². The molecule has 8 heteroatoms. The van der Waals surface area contributed by atoms with Crippen molar-refractivity contribution >= 4 is 17.2 Å². The smallest absolute Gasteiger partial charge is 0.203 e. The van der Waals surface area contributed by atoms with E-state index < -0.39 is 6.04 Å². The lowest BCUT2D eigenvalue weighted by molar-refractivity contribution is -0.116. The van der Waals surface area contributed by atoms with Gasteiger partial charge in [0.2, 0.25) is 5.75 Å². The molecule has 5 rings (SSSR count). The van der Waals surface area contributed by atoms with Crippen molar-refractivity contribution in [1.29, 1.82) is 0 Å². The third-order valence-electron chi connectivity index (χ3n) is 7.21. The van der Waals surface area contributed by atoms with Crippen molar-refractivity contribution in [3.05, 3.63) is 77.0 Å². The fourth-order valence-corrected chi connectivity index (χ4v) is 5.35. The molecule has 38 heavy (non-hydrogen) atoms. The van der Waals surface area contributed by atoms with E-state index in [2.05, 4.69) is 10.6 Å². The second kappa shape index (κ2) is 10.6. The zero-order chi connectivity index (χ0) is 26.8. The van der Waals surface area contributed by atoms with Crippen LogP contribution in [0.4, 0.5) is 11.4 Å². The number of para-hydroxylation sites is 2. The largest absolute Gasteiger partial charge is 0.493 e. The Morgan fingerprint density at radius 3 is 1.95 bits per heavy atom. The van der Waals surface area contributed by atoms with Crippen LogP contribution in [-0.2, 0) is 4.79 Å². The fraction of sp³-hybridized carbons (Fsp3) is 0.300. The summed E-state index contributed by atoms with van der Waals surface area (Å²) < 4.78 is 27.7. The molecule has 3 aromatic carbocycles. The molecular formula is C30H32N2O6. The predicted molar refractivity (Wildman–Crippen MR) is 146 cm³/mol. The summed E-state index contributed by atoms with van der Waals surface area (Å²) in [6, 6.07) is 17.2. The molecule has 1 heterocycles. The van der Waals surface area contributed by atoms with E-state index in [0.717, 1.165) is 28.2 Å². The van der Waals surface area contributed by atoms with Crippen LogP contribution < -0.4 is 34.3 Å². The number of hydrogen-bond acceptors (Lipinski definition) is 8. The van der Waals surface area contributed by atoms with Gasteiger partial charge in [-0.05, 0) is 59.9 Å². The number of ether oxygens (including phenoxy) is 5. The number of anilines is 2. The minimum atomic E-state index is -0.422. The topological polar surface area (TPSA) is 87.3 Å². The normalized spacial score (nSPS) is 18.3. The van der Waals surface area contributed by atoms with Crippen LogP contribution in [0.2, 0.25) is 0 Å². The van der Waals surface area contributed by atoms with Crippen LogP contribution in [0.1, 0.15) is 35.9 Å². The quantitative estimate of drug-likeness (QED) is 0.413. The Balaban J connectivity index is 1.62. The second-order valence-corrected chi connectivity index (χ2v) is 9.24. The molecule has 2 aliphatic rings. The minimum Gasteiger partial charge on any atom is -0.493 e. The molecular weight excluding hydrogens is 484 g/mol. The van der Waals surface area contributed by atoms with Crippen LogP contribution in [0.5, 0.6) is 28.7 Å². The number of ketones is 1. The van der Waals surface area contributed by atoms with Gasteiger partial charge in [-0.25, -0.2) is 0 Å². The average Bonchev–Trinajstić information content (AvgIpc) is 3.12. The number of Topliss-reactive ketones (excluding diaryl/α,β-unsaturated/α-hetero) is 1. The SMILES string of the molecule is COc1ccc([C@@H]2CC(=O)C3=C(C2)Nc2ccccc2N[C@H]3c2cc(OC)c(OC)c(OC)c2)cc1OC. The molecule has 0 radical (unpaired) electrons. The Kier molecular flexibility index (Phi) is 7.05. The highest BCUT2D eigenvalue weighted by Gasteiger charge is 2.37. The summed E-state index contributed by atoms with van der Waals surface area (Å²) in [4.78, 5) is 13.9. The maximum Gasteiger partial charge on any atom is 0.203 e. The monoisotopic (exact) mass is 516 g/mol. The first-order chi connectivity index (χ1) is 18.5. The predicted octanol–water partition coefficient (Wildman–Crippen LogP) is 5.71. The van der Waals surface area contributed by atoms with Gasteiger partial charge in [-0.1, -0.05) is 18.2 Å². The van der Waals surface area contributed by atoms with Crippen molar-refractivity contribution in [3.8, 4) is 28.7 Å². The summed E-state index contributed by atoms with van der Waals surface area (Å²) in [5.41, 5.74) is 5.26. The molecule has 3 aromatic rings. The molecule has 198 valence electrons. The molecule has 0 spiro atoms. The van der Waals surface area contributed by atoms with Gasteiger partial charge < -0.3 is 34.3 Å². The summed E-state index contributed by atoms with van der Waals surface area (Å²) in [7, 11) is 7.97. The van der Waals surface area contributed by atoms with Crippen molar-refractivity contribution in [2.24, 2.45) is 0 Å². The first kappa shape index (κ1) is 25.3. The number of rotatable bonds is 7. The van der Waals surface area contributed by atoms with Crippen LogP contribution in [0.15, 0.2) is 65.9 Å². The van der Waals surface area contributed by atoms with Gasteiger partial charge in [0.25, 0.3) is 0 Å². The number of nitrogens with one attached hydrogen (secondary N) is 2. The Labute approximate surface area is 222 Å². The Morgan fingerprint density at radius 1 is 0.684 bits per heavy atom. The molecule has 0 amide bonds. The Morgan fingerprint density at radius 2 is 1.32 bits per heavy atom. The lowest BCUT2D eigenvalue weighted by atomic mass is 9.78. The first-order valence-electron chi connectivity index (χ1n) is 12.4. The third kappa shape index (κ3) is 4.47. The van der Waals surface area contributed by atoms with Crippen LogP contribution in [0.25, 0.3) is 0 Å². The van der Waals surface area contributed by atoms with E-state index in [4.69, 9.17) is 23.7 Å². The maximum atomic E-state index is 13.9. The molecule has 1 aliphatic heterocycles. The van der Waals surface area contributed by atoms with Crippen molar-refractivity contribution in [3.63, 3.8) is 0 Å². The van der Waals surface area contributed by atoms with Crippen molar-refractivity contribution in [2.75, 3.05) is 46.2 Å². The van der Waals surface area contributed by atoms with Crippen LogP contribution in [-0.4, -0.2) is 41.3 Å². The summed E-state index contributed by atoms with van der Waals surface area (Å²) in [6.07, 6.45) is 1.03. The minimum absolute atomic E-state index is 0.0144. The standard InChI is InChI=1S/C30H32N2O6/c1-34-24-11-10-17(14-25(24)35-2)18-12-22-28(23(33)13-18)29(32-21-9-7-6-8-20(21)31-22)19-15-26(36-3)30(38-5)27(16-19)37-4/h6-11,14-16,18,29,31-32H,12-13H2,1-5H3/t18-,29-/m0/s1. The number of hydrogen-bond donors (Lipinski definition) is 2. The van der Waals surface area contributed by atoms with E-state index >= 15 is 0 Å². The van der Waals surface area contributed by atoms with Gasteiger partial charge in [0.05, 0.1) is 53.0 Å². The van der Waals surface area contributed by atoms with Gasteiger partial charge in [0.1, 0.15) is 0 Å². The van der Waals surface area contributed by atoms with Crippen LogP contribution in [0.3, 0.4) is 0 Å². The van der Waals surface area contributed by atoms with E-state index in [0.29, 0.717) is 47.2 Å². The fourth-order valence-electron chi connectivity index (χ4n) is 5.35. The maximum absolute atomic E-state index is 13.9. The third-order valence-corrected chi connectivity index (χ3v) is 7.21. The van der Waals surface area contributed by atoms with Crippen LogP contribution >= 0.6 is 0 Å². The Hall–Kier alpha value is -4.33.